The van der Waals surface area contributed by atoms with E-state index in [0.717, 1.165) is 5.56 Å². The molecule has 0 saturated carbocycles. The van der Waals surface area contributed by atoms with Gasteiger partial charge in [0.15, 0.2) is 0 Å². The van der Waals surface area contributed by atoms with Crippen LogP contribution in [0.25, 0.3) is 0 Å². The summed E-state index contributed by atoms with van der Waals surface area (Å²) in [6.07, 6.45) is 3.84. The molecule has 1 fully saturated rings. The number of hydrogen-bond donors (Lipinski definition) is 1. The summed E-state index contributed by atoms with van der Waals surface area (Å²) >= 11 is 0. The summed E-state index contributed by atoms with van der Waals surface area (Å²) in [6.45, 7) is 9.75. The fourth-order valence-corrected chi connectivity index (χ4v) is 4.44. The number of aromatic nitrogens is 2. The number of alkyl halides is 1. The Morgan fingerprint density at radius 3 is 2.43 bits per heavy atom. The molecule has 3 rings (SSSR count). The van der Waals surface area contributed by atoms with Gasteiger partial charge in [0.2, 0.25) is 0 Å². The number of carbonyl (C=O) groups is 2. The third kappa shape index (κ3) is 6.81. The molecule has 0 aliphatic carbocycles. The molecular formula is C26H37FN4O4. The van der Waals surface area contributed by atoms with Crippen LogP contribution in [0.3, 0.4) is 0 Å². The standard InChI is InChI=1S/C26H37FN4O4/c1-25(2,3)35-24(34)31(14-15-32)20-10-12-29(13-11-20)23(33)22-16-28-18-30(22)17-19-8-6-7-9-21(19)26(4,5)27/h6-9,16,18,20,32H,10-15,17H2,1-5H3. The van der Waals surface area contributed by atoms with Gasteiger partial charge in [-0.1, -0.05) is 24.3 Å². The minimum Gasteiger partial charge on any atom is -0.444 e. The highest BCUT2D eigenvalue weighted by Crippen LogP contribution is 2.28. The Morgan fingerprint density at radius 1 is 1.17 bits per heavy atom. The van der Waals surface area contributed by atoms with Crippen LogP contribution in [-0.2, 0) is 17.0 Å². The van der Waals surface area contributed by atoms with Crippen molar-refractivity contribution < 1.29 is 23.8 Å². The quantitative estimate of drug-likeness (QED) is 0.637. The van der Waals surface area contributed by atoms with E-state index in [4.69, 9.17) is 4.74 Å². The maximum Gasteiger partial charge on any atom is 0.410 e. The van der Waals surface area contributed by atoms with Crippen molar-refractivity contribution in [2.45, 2.75) is 71.3 Å². The van der Waals surface area contributed by atoms with E-state index in [0.29, 0.717) is 43.7 Å². The fraction of sp³-hybridized carbons (Fsp3) is 0.577. The molecule has 0 bridgehead atoms. The van der Waals surface area contributed by atoms with Gasteiger partial charge >= 0.3 is 6.09 Å². The van der Waals surface area contributed by atoms with Crippen molar-refractivity contribution in [3.8, 4) is 0 Å². The summed E-state index contributed by atoms with van der Waals surface area (Å²) in [7, 11) is 0. The highest BCUT2D eigenvalue weighted by atomic mass is 19.1. The Morgan fingerprint density at radius 2 is 1.83 bits per heavy atom. The second-order valence-electron chi connectivity index (χ2n) is 10.5. The predicted octanol–water partition coefficient (Wildman–Crippen LogP) is 3.97. The van der Waals surface area contributed by atoms with Crippen LogP contribution in [-0.4, -0.2) is 74.3 Å². The topological polar surface area (TPSA) is 87.9 Å². The molecule has 0 atom stereocenters. The average Bonchev–Trinajstić information content (AvgIpc) is 3.23. The van der Waals surface area contributed by atoms with Crippen LogP contribution >= 0.6 is 0 Å². The number of carbonyl (C=O) groups excluding carboxylic acids is 2. The molecule has 35 heavy (non-hydrogen) atoms. The molecule has 0 radical (unpaired) electrons. The molecule has 2 heterocycles. The van der Waals surface area contributed by atoms with Gasteiger partial charge in [0.25, 0.3) is 5.91 Å². The van der Waals surface area contributed by atoms with E-state index in [-0.39, 0.29) is 25.1 Å². The molecular weight excluding hydrogens is 451 g/mol. The first-order valence-corrected chi connectivity index (χ1v) is 12.1. The smallest absolute Gasteiger partial charge is 0.410 e. The zero-order valence-electron chi connectivity index (χ0n) is 21.3. The number of imidazole rings is 1. The van der Waals surface area contributed by atoms with Crippen LogP contribution in [0.15, 0.2) is 36.8 Å². The summed E-state index contributed by atoms with van der Waals surface area (Å²) in [5.41, 5.74) is -0.315. The first kappa shape index (κ1) is 26.7. The maximum absolute atomic E-state index is 14.7. The molecule has 1 aromatic carbocycles. The van der Waals surface area contributed by atoms with E-state index in [1.807, 2.05) is 18.2 Å². The van der Waals surface area contributed by atoms with E-state index >= 15 is 0 Å². The number of amides is 2. The van der Waals surface area contributed by atoms with Gasteiger partial charge in [0, 0.05) is 32.2 Å². The molecule has 1 N–H and O–H groups in total. The Kier molecular flexibility index (Phi) is 8.20. The van der Waals surface area contributed by atoms with Crippen molar-refractivity contribution in [2.75, 3.05) is 26.2 Å². The van der Waals surface area contributed by atoms with Crippen molar-refractivity contribution in [3.05, 3.63) is 53.6 Å². The summed E-state index contributed by atoms with van der Waals surface area (Å²) < 4.78 is 22.0. The van der Waals surface area contributed by atoms with Gasteiger partial charge in [-0.05, 0) is 58.6 Å². The average molecular weight is 489 g/mol. The number of benzene rings is 1. The zero-order valence-corrected chi connectivity index (χ0v) is 21.3. The molecule has 1 aromatic heterocycles. The molecule has 2 amide bonds. The zero-order chi connectivity index (χ0) is 25.8. The van der Waals surface area contributed by atoms with Gasteiger partial charge in [-0.25, -0.2) is 14.2 Å². The number of halogens is 1. The van der Waals surface area contributed by atoms with Crippen LogP contribution in [0, 0.1) is 0 Å². The minimum atomic E-state index is -1.50. The number of piperidine rings is 1. The van der Waals surface area contributed by atoms with Crippen LogP contribution < -0.4 is 0 Å². The number of ether oxygens (including phenoxy) is 1. The van der Waals surface area contributed by atoms with Gasteiger partial charge in [-0.3, -0.25) is 4.79 Å². The van der Waals surface area contributed by atoms with Crippen molar-refractivity contribution in [1.29, 1.82) is 0 Å². The van der Waals surface area contributed by atoms with Gasteiger partial charge in [-0.15, -0.1) is 0 Å². The number of likely N-dealkylation sites (tertiary alicyclic amines) is 1. The van der Waals surface area contributed by atoms with Crippen LogP contribution in [0.1, 0.15) is 69.1 Å². The number of aliphatic hydroxyl groups is 1. The molecule has 1 aliphatic heterocycles. The normalized spacial score (nSPS) is 15.2. The summed E-state index contributed by atoms with van der Waals surface area (Å²) in [5, 5.41) is 9.45. The fourth-order valence-electron chi connectivity index (χ4n) is 4.44. The van der Waals surface area contributed by atoms with Crippen LogP contribution in [0.4, 0.5) is 9.18 Å². The van der Waals surface area contributed by atoms with Crippen molar-refractivity contribution >= 4 is 12.0 Å². The number of hydrogen-bond acceptors (Lipinski definition) is 5. The van der Waals surface area contributed by atoms with Crippen LogP contribution in [0.5, 0.6) is 0 Å². The minimum absolute atomic E-state index is 0.121. The second-order valence-corrected chi connectivity index (χ2v) is 10.5. The van der Waals surface area contributed by atoms with E-state index in [9.17, 15) is 19.1 Å². The molecule has 192 valence electrons. The highest BCUT2D eigenvalue weighted by molar-refractivity contribution is 5.92. The lowest BCUT2D eigenvalue weighted by Crippen LogP contribution is -2.51. The van der Waals surface area contributed by atoms with E-state index < -0.39 is 17.4 Å². The van der Waals surface area contributed by atoms with Gasteiger partial charge in [-0.2, -0.15) is 0 Å². The maximum atomic E-state index is 14.7. The largest absolute Gasteiger partial charge is 0.444 e. The van der Waals surface area contributed by atoms with Gasteiger partial charge < -0.3 is 24.2 Å². The lowest BCUT2D eigenvalue weighted by atomic mass is 9.94. The third-order valence-electron chi connectivity index (χ3n) is 6.09. The van der Waals surface area contributed by atoms with Crippen molar-refractivity contribution in [2.24, 2.45) is 0 Å². The molecule has 1 aliphatic rings. The van der Waals surface area contributed by atoms with E-state index in [1.165, 1.54) is 20.0 Å². The summed E-state index contributed by atoms with van der Waals surface area (Å²) in [4.78, 5) is 33.5. The Hall–Kier alpha value is -2.94. The van der Waals surface area contributed by atoms with Gasteiger partial charge in [0.1, 0.15) is 17.0 Å². The number of nitrogens with zero attached hydrogens (tertiary/aromatic N) is 4. The molecule has 8 nitrogen and oxygen atoms in total. The van der Waals surface area contributed by atoms with E-state index in [2.05, 4.69) is 4.98 Å². The summed E-state index contributed by atoms with van der Waals surface area (Å²) in [6, 6.07) is 7.17. The predicted molar refractivity (Wildman–Crippen MR) is 131 cm³/mol. The molecule has 1 saturated heterocycles. The first-order chi connectivity index (χ1) is 16.4. The SMILES string of the molecule is CC(C)(C)OC(=O)N(CCO)C1CCN(C(=O)c2cncn2Cc2ccccc2C(C)(C)F)CC1. The lowest BCUT2D eigenvalue weighted by Gasteiger charge is -2.38. The molecule has 9 heteroatoms. The Labute approximate surface area is 206 Å². The number of aliphatic hydroxyl groups excluding tert-OH is 1. The number of rotatable bonds is 7. The Balaban J connectivity index is 1.68. The van der Waals surface area contributed by atoms with Gasteiger partial charge in [0.05, 0.1) is 19.1 Å². The molecule has 2 aromatic rings. The van der Waals surface area contributed by atoms with Crippen molar-refractivity contribution in [1.82, 2.24) is 19.4 Å². The third-order valence-corrected chi connectivity index (χ3v) is 6.09. The molecule has 0 unspecified atom stereocenters. The summed E-state index contributed by atoms with van der Waals surface area (Å²) in [5.74, 6) is -0.149. The molecule has 0 spiro atoms. The van der Waals surface area contributed by atoms with Crippen LogP contribution in [0.2, 0.25) is 0 Å². The monoisotopic (exact) mass is 488 g/mol. The van der Waals surface area contributed by atoms with E-state index in [1.54, 1.807) is 47.5 Å². The first-order valence-electron chi connectivity index (χ1n) is 12.1. The highest BCUT2D eigenvalue weighted by Gasteiger charge is 2.33. The van der Waals surface area contributed by atoms with Crippen molar-refractivity contribution in [3.63, 3.8) is 0 Å². The lowest BCUT2D eigenvalue weighted by molar-refractivity contribution is 0.00474. The second kappa shape index (κ2) is 10.8. The Bertz CT molecular complexity index is 1020.